The summed E-state index contributed by atoms with van der Waals surface area (Å²) in [5.41, 5.74) is 0.817. The van der Waals surface area contributed by atoms with E-state index in [1.54, 1.807) is 17.0 Å². The van der Waals surface area contributed by atoms with Crippen LogP contribution >= 0.6 is 0 Å². The van der Waals surface area contributed by atoms with Crippen LogP contribution < -0.4 is 4.74 Å². The third-order valence-electron chi connectivity index (χ3n) is 5.02. The minimum absolute atomic E-state index is 0.0330. The normalized spacial score (nSPS) is 17.7. The Bertz CT molecular complexity index is 773. The van der Waals surface area contributed by atoms with Gasteiger partial charge in [-0.05, 0) is 49.3 Å². The van der Waals surface area contributed by atoms with Crippen LogP contribution in [0.3, 0.4) is 0 Å². The highest BCUT2D eigenvalue weighted by Gasteiger charge is 2.29. The molecular weight excluding hydrogens is 351 g/mol. The summed E-state index contributed by atoms with van der Waals surface area (Å²) >= 11 is 0. The van der Waals surface area contributed by atoms with E-state index in [-0.39, 0.29) is 29.3 Å². The molecule has 2 fully saturated rings. The minimum Gasteiger partial charge on any atom is -0.490 e. The first-order chi connectivity index (χ1) is 13.2. The molecule has 0 bridgehead atoms. The largest absolute Gasteiger partial charge is 0.490 e. The van der Waals surface area contributed by atoms with Crippen LogP contribution in [-0.4, -0.2) is 51.9 Å². The SMILES string of the molecule is O=C(c1nc[nH]n1)N(Cc1ccc(F)c(OCC2CC2)c1)C1CCOCC1. The Morgan fingerprint density at radius 3 is 2.81 bits per heavy atom. The molecule has 0 spiro atoms. The molecule has 7 nitrogen and oxygen atoms in total. The predicted molar refractivity (Wildman–Crippen MR) is 94.7 cm³/mol. The second kappa shape index (κ2) is 8.04. The average Bonchev–Trinajstić information content (AvgIpc) is 3.37. The van der Waals surface area contributed by atoms with E-state index in [1.165, 1.54) is 12.4 Å². The highest BCUT2D eigenvalue weighted by atomic mass is 19.1. The molecule has 8 heteroatoms. The fraction of sp³-hybridized carbons (Fsp3) is 0.526. The lowest BCUT2D eigenvalue weighted by atomic mass is 10.1. The van der Waals surface area contributed by atoms with E-state index in [9.17, 15) is 9.18 Å². The number of rotatable bonds is 7. The van der Waals surface area contributed by atoms with Crippen molar-refractivity contribution in [1.29, 1.82) is 0 Å². The van der Waals surface area contributed by atoms with Crippen LogP contribution in [0.5, 0.6) is 5.75 Å². The van der Waals surface area contributed by atoms with E-state index in [0.717, 1.165) is 31.2 Å². The minimum atomic E-state index is -0.377. The number of aromatic nitrogens is 3. The summed E-state index contributed by atoms with van der Waals surface area (Å²) in [5, 5.41) is 6.50. The number of carbonyl (C=O) groups excluding carboxylic acids is 1. The van der Waals surface area contributed by atoms with Crippen LogP contribution in [0.15, 0.2) is 24.5 Å². The molecule has 1 aliphatic heterocycles. The van der Waals surface area contributed by atoms with Crippen LogP contribution in [0.2, 0.25) is 0 Å². The first-order valence-corrected chi connectivity index (χ1v) is 9.36. The van der Waals surface area contributed by atoms with Crippen LogP contribution in [0.25, 0.3) is 0 Å². The fourth-order valence-corrected chi connectivity index (χ4v) is 3.25. The van der Waals surface area contributed by atoms with Crippen molar-refractivity contribution in [3.63, 3.8) is 0 Å². The Labute approximate surface area is 156 Å². The number of aromatic amines is 1. The quantitative estimate of drug-likeness (QED) is 0.806. The van der Waals surface area contributed by atoms with E-state index in [2.05, 4.69) is 15.2 Å². The van der Waals surface area contributed by atoms with Gasteiger partial charge in [-0.25, -0.2) is 9.37 Å². The summed E-state index contributed by atoms with van der Waals surface area (Å²) in [4.78, 5) is 18.7. The molecule has 1 saturated heterocycles. The number of H-pyrrole nitrogens is 1. The number of carbonyl (C=O) groups is 1. The molecule has 27 heavy (non-hydrogen) atoms. The molecule has 0 radical (unpaired) electrons. The molecule has 1 aromatic carbocycles. The molecule has 0 atom stereocenters. The van der Waals surface area contributed by atoms with E-state index < -0.39 is 0 Å². The zero-order valence-electron chi connectivity index (χ0n) is 15.1. The van der Waals surface area contributed by atoms with Crippen LogP contribution in [0, 0.1) is 11.7 Å². The van der Waals surface area contributed by atoms with Crippen molar-refractivity contribution in [3.05, 3.63) is 41.7 Å². The van der Waals surface area contributed by atoms with Crippen molar-refractivity contribution >= 4 is 5.91 Å². The first kappa shape index (κ1) is 17.9. The summed E-state index contributed by atoms with van der Waals surface area (Å²) in [7, 11) is 0. The highest BCUT2D eigenvalue weighted by Crippen LogP contribution is 2.30. The molecule has 2 heterocycles. The molecule has 1 aliphatic carbocycles. The van der Waals surface area contributed by atoms with Gasteiger partial charge in [-0.1, -0.05) is 6.07 Å². The third kappa shape index (κ3) is 4.44. The lowest BCUT2D eigenvalue weighted by molar-refractivity contribution is 0.0260. The smallest absolute Gasteiger partial charge is 0.294 e. The Morgan fingerprint density at radius 1 is 1.30 bits per heavy atom. The lowest BCUT2D eigenvalue weighted by Crippen LogP contribution is -2.43. The number of hydrogen-bond acceptors (Lipinski definition) is 5. The predicted octanol–water partition coefficient (Wildman–Crippen LogP) is 2.55. The Morgan fingerprint density at radius 2 is 2.11 bits per heavy atom. The summed E-state index contributed by atoms with van der Waals surface area (Å²) in [5.74, 6) is 0.301. The molecule has 2 aliphatic rings. The van der Waals surface area contributed by atoms with Crippen molar-refractivity contribution in [2.75, 3.05) is 19.8 Å². The van der Waals surface area contributed by atoms with Gasteiger partial charge in [0.2, 0.25) is 5.82 Å². The molecule has 1 N–H and O–H groups in total. The summed E-state index contributed by atoms with van der Waals surface area (Å²) in [6.07, 6.45) is 5.18. The number of amides is 1. The van der Waals surface area contributed by atoms with E-state index in [4.69, 9.17) is 9.47 Å². The molecule has 1 aromatic heterocycles. The Balaban J connectivity index is 1.53. The second-order valence-corrected chi connectivity index (χ2v) is 7.12. The van der Waals surface area contributed by atoms with E-state index >= 15 is 0 Å². The Kier molecular flexibility index (Phi) is 5.33. The van der Waals surface area contributed by atoms with Crippen molar-refractivity contribution in [1.82, 2.24) is 20.1 Å². The molecule has 1 saturated carbocycles. The zero-order valence-corrected chi connectivity index (χ0v) is 15.1. The Hall–Kier alpha value is -2.48. The van der Waals surface area contributed by atoms with Gasteiger partial charge in [0.25, 0.3) is 5.91 Å². The zero-order chi connectivity index (χ0) is 18.6. The fourth-order valence-electron chi connectivity index (χ4n) is 3.25. The maximum Gasteiger partial charge on any atom is 0.294 e. The van der Waals surface area contributed by atoms with Crippen molar-refractivity contribution in [2.45, 2.75) is 38.3 Å². The van der Waals surface area contributed by atoms with Crippen LogP contribution in [-0.2, 0) is 11.3 Å². The van der Waals surface area contributed by atoms with E-state index in [1.807, 2.05) is 0 Å². The maximum absolute atomic E-state index is 14.1. The van der Waals surface area contributed by atoms with Gasteiger partial charge in [-0.15, -0.1) is 5.10 Å². The number of nitrogens with zero attached hydrogens (tertiary/aromatic N) is 3. The second-order valence-electron chi connectivity index (χ2n) is 7.12. The van der Waals surface area contributed by atoms with Gasteiger partial charge in [0.15, 0.2) is 11.6 Å². The molecule has 4 rings (SSSR count). The number of nitrogens with one attached hydrogen (secondary N) is 1. The van der Waals surface area contributed by atoms with E-state index in [0.29, 0.717) is 32.3 Å². The van der Waals surface area contributed by atoms with Gasteiger partial charge >= 0.3 is 0 Å². The summed E-state index contributed by atoms with van der Waals surface area (Å²) in [6.45, 7) is 2.11. The molecule has 1 amide bonds. The van der Waals surface area contributed by atoms with Crippen LogP contribution in [0.1, 0.15) is 41.9 Å². The standard InChI is InChI=1S/C19H23FN4O3/c20-16-4-3-14(9-17(16)27-11-13-1-2-13)10-24(15-5-7-26-8-6-15)19(25)18-21-12-22-23-18/h3-4,9,12-13,15H,1-2,5-8,10-11H2,(H,21,22,23). The van der Waals surface area contributed by atoms with Gasteiger partial charge in [-0.2, -0.15) is 0 Å². The first-order valence-electron chi connectivity index (χ1n) is 9.36. The maximum atomic E-state index is 14.1. The van der Waals surface area contributed by atoms with Crippen molar-refractivity contribution in [2.24, 2.45) is 5.92 Å². The molecular formula is C19H23FN4O3. The number of benzene rings is 1. The van der Waals surface area contributed by atoms with Crippen molar-refractivity contribution < 1.29 is 18.7 Å². The topological polar surface area (TPSA) is 80.3 Å². The van der Waals surface area contributed by atoms with Gasteiger partial charge in [-0.3, -0.25) is 9.89 Å². The lowest BCUT2D eigenvalue weighted by Gasteiger charge is -2.33. The van der Waals surface area contributed by atoms with Gasteiger partial charge in [0.1, 0.15) is 6.33 Å². The summed E-state index contributed by atoms with van der Waals surface area (Å²) < 4.78 is 25.1. The molecule has 2 aromatic rings. The summed E-state index contributed by atoms with van der Waals surface area (Å²) in [6, 6.07) is 4.81. The van der Waals surface area contributed by atoms with Crippen LogP contribution in [0.4, 0.5) is 4.39 Å². The number of halogens is 1. The van der Waals surface area contributed by atoms with Crippen molar-refractivity contribution in [3.8, 4) is 5.75 Å². The number of ether oxygens (including phenoxy) is 2. The number of hydrogen-bond donors (Lipinski definition) is 1. The van der Waals surface area contributed by atoms with Gasteiger partial charge in [0, 0.05) is 25.8 Å². The highest BCUT2D eigenvalue weighted by molar-refractivity contribution is 5.90. The average molecular weight is 374 g/mol. The molecule has 0 unspecified atom stereocenters. The molecule has 144 valence electrons. The van der Waals surface area contributed by atoms with Gasteiger partial charge < -0.3 is 14.4 Å². The monoisotopic (exact) mass is 374 g/mol. The third-order valence-corrected chi connectivity index (χ3v) is 5.02. The van der Waals surface area contributed by atoms with Gasteiger partial charge in [0.05, 0.1) is 6.61 Å².